The lowest BCUT2D eigenvalue weighted by Gasteiger charge is -2.23. The number of nitriles is 1. The largest absolute Gasteiger partial charge is 0.456 e. The van der Waals surface area contributed by atoms with E-state index >= 15 is 0 Å². The molecule has 20 heavy (non-hydrogen) atoms. The van der Waals surface area contributed by atoms with E-state index in [1.54, 1.807) is 6.07 Å². The second-order valence-corrected chi connectivity index (χ2v) is 5.47. The number of rotatable bonds is 4. The molecule has 2 heteroatoms. The summed E-state index contributed by atoms with van der Waals surface area (Å²) >= 11 is 0. The van der Waals surface area contributed by atoms with Gasteiger partial charge in [-0.3, -0.25) is 0 Å². The van der Waals surface area contributed by atoms with Crippen molar-refractivity contribution in [3.63, 3.8) is 0 Å². The van der Waals surface area contributed by atoms with E-state index in [1.165, 1.54) is 5.56 Å². The van der Waals surface area contributed by atoms with Gasteiger partial charge in [0.2, 0.25) is 0 Å². The second kappa shape index (κ2) is 5.79. The number of para-hydroxylation sites is 1. The van der Waals surface area contributed by atoms with Crippen LogP contribution in [0.1, 0.15) is 38.3 Å². The van der Waals surface area contributed by atoms with Crippen molar-refractivity contribution < 1.29 is 4.74 Å². The molecule has 0 spiro atoms. The Hall–Kier alpha value is -2.27. The summed E-state index contributed by atoms with van der Waals surface area (Å²) in [7, 11) is 0. The van der Waals surface area contributed by atoms with Gasteiger partial charge in [0.15, 0.2) is 0 Å². The predicted molar refractivity (Wildman–Crippen MR) is 81.0 cm³/mol. The first-order chi connectivity index (χ1) is 9.56. The minimum absolute atomic E-state index is 0.170. The van der Waals surface area contributed by atoms with Crippen molar-refractivity contribution in [2.24, 2.45) is 0 Å². The normalized spacial score (nSPS) is 10.9. The molecule has 0 aliphatic rings. The second-order valence-electron chi connectivity index (χ2n) is 5.47. The third kappa shape index (κ3) is 3.00. The molecular formula is C18H19NO. The maximum absolute atomic E-state index is 9.05. The van der Waals surface area contributed by atoms with E-state index in [0.29, 0.717) is 11.3 Å². The summed E-state index contributed by atoms with van der Waals surface area (Å²) in [6, 6.07) is 17.5. The van der Waals surface area contributed by atoms with Gasteiger partial charge in [0.25, 0.3) is 0 Å². The number of ether oxygens (including phenoxy) is 1. The molecule has 0 N–H and O–H groups in total. The van der Waals surface area contributed by atoms with Crippen molar-refractivity contribution in [2.45, 2.75) is 32.6 Å². The fourth-order valence-corrected chi connectivity index (χ4v) is 1.95. The topological polar surface area (TPSA) is 33.0 Å². The monoisotopic (exact) mass is 265 g/mol. The van der Waals surface area contributed by atoms with Crippen molar-refractivity contribution in [3.05, 3.63) is 59.7 Å². The molecule has 0 atom stereocenters. The lowest BCUT2D eigenvalue weighted by atomic mass is 9.82. The van der Waals surface area contributed by atoms with Crippen molar-refractivity contribution in [1.82, 2.24) is 0 Å². The van der Waals surface area contributed by atoms with E-state index in [-0.39, 0.29) is 5.41 Å². The number of benzene rings is 2. The van der Waals surface area contributed by atoms with Crippen LogP contribution in [0.5, 0.6) is 11.5 Å². The van der Waals surface area contributed by atoms with Crippen LogP contribution in [0.25, 0.3) is 0 Å². The molecule has 0 heterocycles. The summed E-state index contributed by atoms with van der Waals surface area (Å²) in [5, 5.41) is 9.05. The first kappa shape index (κ1) is 14.1. The SMILES string of the molecule is CCC(C)(C)c1ccc(Oc2ccccc2C#N)cc1. The van der Waals surface area contributed by atoms with Gasteiger partial charge in [-0.15, -0.1) is 0 Å². The Morgan fingerprint density at radius 2 is 1.70 bits per heavy atom. The first-order valence-corrected chi connectivity index (χ1v) is 6.84. The molecule has 2 aromatic carbocycles. The fraction of sp³-hybridized carbons (Fsp3) is 0.278. The highest BCUT2D eigenvalue weighted by atomic mass is 16.5. The first-order valence-electron chi connectivity index (χ1n) is 6.84. The molecule has 0 aromatic heterocycles. The summed E-state index contributed by atoms with van der Waals surface area (Å²) in [5.74, 6) is 1.35. The van der Waals surface area contributed by atoms with Crippen LogP contribution in [-0.2, 0) is 5.41 Å². The van der Waals surface area contributed by atoms with Crippen LogP contribution in [0.3, 0.4) is 0 Å². The zero-order valence-corrected chi connectivity index (χ0v) is 12.2. The predicted octanol–water partition coefficient (Wildman–Crippen LogP) is 5.04. The average Bonchev–Trinajstić information content (AvgIpc) is 2.48. The van der Waals surface area contributed by atoms with E-state index < -0.39 is 0 Å². The third-order valence-corrected chi connectivity index (χ3v) is 3.75. The number of nitrogens with zero attached hydrogens (tertiary/aromatic N) is 1. The maximum Gasteiger partial charge on any atom is 0.145 e. The molecule has 0 radical (unpaired) electrons. The quantitative estimate of drug-likeness (QED) is 0.776. The van der Waals surface area contributed by atoms with Gasteiger partial charge >= 0.3 is 0 Å². The van der Waals surface area contributed by atoms with Crippen molar-refractivity contribution in [3.8, 4) is 17.6 Å². The van der Waals surface area contributed by atoms with E-state index in [9.17, 15) is 0 Å². The molecule has 0 unspecified atom stereocenters. The van der Waals surface area contributed by atoms with E-state index in [4.69, 9.17) is 10.00 Å². The summed E-state index contributed by atoms with van der Waals surface area (Å²) in [4.78, 5) is 0. The Labute approximate surface area is 120 Å². The molecule has 102 valence electrons. The molecule has 0 bridgehead atoms. The van der Waals surface area contributed by atoms with Gasteiger partial charge in [-0.1, -0.05) is 45.0 Å². The van der Waals surface area contributed by atoms with Gasteiger partial charge in [0.1, 0.15) is 17.6 Å². The van der Waals surface area contributed by atoms with Crippen LogP contribution in [0.15, 0.2) is 48.5 Å². The molecule has 0 fully saturated rings. The minimum Gasteiger partial charge on any atom is -0.456 e. The summed E-state index contributed by atoms with van der Waals surface area (Å²) < 4.78 is 5.78. The Morgan fingerprint density at radius 1 is 1.05 bits per heavy atom. The van der Waals surface area contributed by atoms with Crippen LogP contribution in [0.2, 0.25) is 0 Å². The summed E-state index contributed by atoms with van der Waals surface area (Å²) in [6.45, 7) is 6.65. The molecule has 2 nitrogen and oxygen atoms in total. The minimum atomic E-state index is 0.170. The van der Waals surface area contributed by atoms with Gasteiger partial charge < -0.3 is 4.74 Å². The Bertz CT molecular complexity index is 621. The molecular weight excluding hydrogens is 246 g/mol. The van der Waals surface area contributed by atoms with Gasteiger partial charge in [-0.25, -0.2) is 0 Å². The average molecular weight is 265 g/mol. The Kier molecular flexibility index (Phi) is 4.10. The lowest BCUT2D eigenvalue weighted by Crippen LogP contribution is -2.14. The number of hydrogen-bond donors (Lipinski definition) is 0. The van der Waals surface area contributed by atoms with Gasteiger partial charge in [-0.05, 0) is 41.7 Å². The maximum atomic E-state index is 9.05. The number of hydrogen-bond acceptors (Lipinski definition) is 2. The molecule has 0 amide bonds. The highest BCUT2D eigenvalue weighted by molar-refractivity contribution is 5.45. The summed E-state index contributed by atoms with van der Waals surface area (Å²) in [5.41, 5.74) is 2.01. The molecule has 0 aliphatic carbocycles. The van der Waals surface area contributed by atoms with E-state index in [2.05, 4.69) is 39.0 Å². The smallest absolute Gasteiger partial charge is 0.145 e. The van der Waals surface area contributed by atoms with E-state index in [0.717, 1.165) is 12.2 Å². The molecule has 2 aromatic rings. The lowest BCUT2D eigenvalue weighted by molar-refractivity contribution is 0.477. The van der Waals surface area contributed by atoms with Gasteiger partial charge in [0, 0.05) is 0 Å². The van der Waals surface area contributed by atoms with Crippen molar-refractivity contribution in [2.75, 3.05) is 0 Å². The van der Waals surface area contributed by atoms with Gasteiger partial charge in [-0.2, -0.15) is 5.26 Å². The molecule has 0 saturated heterocycles. The molecule has 2 rings (SSSR count). The molecule has 0 aliphatic heterocycles. The van der Waals surface area contributed by atoms with Crippen LogP contribution < -0.4 is 4.74 Å². The van der Waals surface area contributed by atoms with Gasteiger partial charge in [0.05, 0.1) is 5.56 Å². The van der Waals surface area contributed by atoms with Crippen molar-refractivity contribution >= 4 is 0 Å². The van der Waals surface area contributed by atoms with Crippen LogP contribution in [-0.4, -0.2) is 0 Å². The highest BCUT2D eigenvalue weighted by Gasteiger charge is 2.17. The highest BCUT2D eigenvalue weighted by Crippen LogP contribution is 2.30. The summed E-state index contributed by atoms with van der Waals surface area (Å²) in [6.07, 6.45) is 1.09. The van der Waals surface area contributed by atoms with Crippen molar-refractivity contribution in [1.29, 1.82) is 5.26 Å². The zero-order valence-electron chi connectivity index (χ0n) is 12.2. The van der Waals surface area contributed by atoms with Crippen LogP contribution in [0.4, 0.5) is 0 Å². The fourth-order valence-electron chi connectivity index (χ4n) is 1.95. The Morgan fingerprint density at radius 3 is 2.30 bits per heavy atom. The Balaban J connectivity index is 2.22. The van der Waals surface area contributed by atoms with Crippen LogP contribution >= 0.6 is 0 Å². The molecule has 0 saturated carbocycles. The third-order valence-electron chi connectivity index (χ3n) is 3.75. The van der Waals surface area contributed by atoms with E-state index in [1.807, 2.05) is 30.3 Å². The van der Waals surface area contributed by atoms with Crippen LogP contribution in [0, 0.1) is 11.3 Å². The standard InChI is InChI=1S/C18H19NO/c1-4-18(2,3)15-9-11-16(12-10-15)20-17-8-6-5-7-14(17)13-19/h5-12H,4H2,1-3H3. The zero-order chi connectivity index (χ0) is 14.6.